The van der Waals surface area contributed by atoms with Crippen LogP contribution in [0, 0.1) is 23.2 Å². The van der Waals surface area contributed by atoms with Crippen LogP contribution in [0.1, 0.15) is 188 Å². The van der Waals surface area contributed by atoms with E-state index >= 15 is 0 Å². The van der Waals surface area contributed by atoms with E-state index in [2.05, 4.69) is 118 Å². The molecule has 0 aromatic rings. The minimum atomic E-state index is 0.625. The molecule has 0 fully saturated rings. The fourth-order valence-corrected chi connectivity index (χ4v) is 1.94. The van der Waals surface area contributed by atoms with Gasteiger partial charge in [0.15, 0.2) is 0 Å². The fourth-order valence-electron chi connectivity index (χ4n) is 1.94. The zero-order valence-corrected chi connectivity index (χ0v) is 27.0. The first-order valence-electron chi connectivity index (χ1n) is 14.8. The third kappa shape index (κ3) is 77.9. The highest BCUT2D eigenvalue weighted by atomic mass is 14.2. The fraction of sp³-hybridized carbons (Fsp3) is 1.00. The highest BCUT2D eigenvalue weighted by Crippen LogP contribution is 2.28. The van der Waals surface area contributed by atoms with Gasteiger partial charge in [-0.25, -0.2) is 0 Å². The Hall–Kier alpha value is 0. The van der Waals surface area contributed by atoms with Crippen LogP contribution in [0.15, 0.2) is 0 Å². The standard InChI is InChI=1S/C8H18.C7H16.C6H14.C5H12.2C3H8/c1-5-8(4,6-2)7-3;1-4-5-6-7(2)3;1-4-5-6(2)3;1-4-5(2)3;2*1-3-2/h5-7H2,1-4H3;7H,4-6H2,1-3H3;6H,4-5H2,1-3H3;5H,4H2,1-3H3;2*3H2,1-2H3. The summed E-state index contributed by atoms with van der Waals surface area (Å²) < 4.78 is 0. The highest BCUT2D eigenvalue weighted by molar-refractivity contribution is 4.67. The number of hydrogen-bond acceptors (Lipinski definition) is 0. The number of hydrogen-bond donors (Lipinski definition) is 0. The minimum absolute atomic E-state index is 0.625. The van der Waals surface area contributed by atoms with E-state index in [-0.39, 0.29) is 0 Å². The Bertz CT molecular complexity index is 222. The zero-order chi connectivity index (χ0) is 27.0. The second kappa shape index (κ2) is 41.3. The van der Waals surface area contributed by atoms with Gasteiger partial charge < -0.3 is 0 Å². The Labute approximate surface area is 211 Å². The molecule has 0 heteroatoms. The van der Waals surface area contributed by atoms with Gasteiger partial charge >= 0.3 is 0 Å². The molecule has 0 saturated heterocycles. The first-order valence-corrected chi connectivity index (χ1v) is 14.8. The lowest BCUT2D eigenvalue weighted by Gasteiger charge is -2.23. The van der Waals surface area contributed by atoms with Crippen LogP contribution in [0.4, 0.5) is 0 Å². The smallest absolute Gasteiger partial charge is 0.0334 e. The van der Waals surface area contributed by atoms with Crippen LogP contribution in [0.2, 0.25) is 0 Å². The third-order valence-corrected chi connectivity index (χ3v) is 5.38. The molecule has 0 bridgehead atoms. The average Bonchev–Trinajstić information content (AvgIpc) is 2.74. The van der Waals surface area contributed by atoms with Gasteiger partial charge in [0.25, 0.3) is 0 Å². The molecule has 204 valence electrons. The Morgan fingerprint density at radius 1 is 0.469 bits per heavy atom. The Morgan fingerprint density at radius 3 is 0.781 bits per heavy atom. The maximum absolute atomic E-state index is 2.35. The number of rotatable bonds is 9. The summed E-state index contributed by atoms with van der Waals surface area (Å²) in [5.41, 5.74) is 0.625. The maximum Gasteiger partial charge on any atom is -0.0334 e. The van der Waals surface area contributed by atoms with E-state index in [1.54, 1.807) is 0 Å². The van der Waals surface area contributed by atoms with E-state index in [4.69, 9.17) is 0 Å². The summed E-state index contributed by atoms with van der Waals surface area (Å²) in [6, 6.07) is 0. The van der Waals surface area contributed by atoms with E-state index in [0.29, 0.717) is 5.41 Å². The van der Waals surface area contributed by atoms with Crippen LogP contribution in [-0.2, 0) is 0 Å². The van der Waals surface area contributed by atoms with Crippen LogP contribution < -0.4 is 0 Å². The molecule has 0 spiro atoms. The molecule has 0 aliphatic carbocycles. The Balaban J connectivity index is -0.0000000657. The largest absolute Gasteiger partial charge is 0.0656 e. The molecule has 0 unspecified atom stereocenters. The van der Waals surface area contributed by atoms with Gasteiger partial charge in [-0.2, -0.15) is 0 Å². The van der Waals surface area contributed by atoms with Crippen molar-refractivity contribution in [2.75, 3.05) is 0 Å². The van der Waals surface area contributed by atoms with Gasteiger partial charge in [-0.3, -0.25) is 0 Å². The molecule has 0 amide bonds. The summed E-state index contributed by atoms with van der Waals surface area (Å²) in [6.45, 7) is 37.8. The van der Waals surface area contributed by atoms with Crippen LogP contribution in [0.5, 0.6) is 0 Å². The zero-order valence-electron chi connectivity index (χ0n) is 27.0. The molecule has 0 radical (unpaired) electrons. The van der Waals surface area contributed by atoms with E-state index in [1.165, 1.54) is 70.6 Å². The lowest BCUT2D eigenvalue weighted by atomic mass is 9.82. The molecule has 0 aliphatic heterocycles. The number of unbranched alkanes of at least 4 members (excludes halogenated alkanes) is 1. The normalized spacial score (nSPS) is 9.75. The Morgan fingerprint density at radius 2 is 0.750 bits per heavy atom. The van der Waals surface area contributed by atoms with Gasteiger partial charge in [0.2, 0.25) is 0 Å². The van der Waals surface area contributed by atoms with Crippen molar-refractivity contribution in [3.05, 3.63) is 0 Å². The van der Waals surface area contributed by atoms with Crippen molar-refractivity contribution >= 4 is 0 Å². The van der Waals surface area contributed by atoms with E-state index in [9.17, 15) is 0 Å². The summed E-state index contributed by atoms with van der Waals surface area (Å²) in [5.74, 6) is 2.69. The average molecular weight is 461 g/mol. The van der Waals surface area contributed by atoms with Crippen molar-refractivity contribution in [1.82, 2.24) is 0 Å². The second-order valence-corrected chi connectivity index (χ2v) is 10.8. The molecule has 0 aromatic carbocycles. The quantitative estimate of drug-likeness (QED) is 0.321. The molecule has 32 heavy (non-hydrogen) atoms. The minimum Gasteiger partial charge on any atom is -0.0656 e. The summed E-state index contributed by atoms with van der Waals surface area (Å²) in [4.78, 5) is 0. The molecule has 0 nitrogen and oxygen atoms in total. The van der Waals surface area contributed by atoms with Crippen LogP contribution in [0.25, 0.3) is 0 Å². The molecule has 0 aromatic heterocycles. The van der Waals surface area contributed by atoms with E-state index < -0.39 is 0 Å². The predicted molar refractivity (Wildman–Crippen MR) is 160 cm³/mol. The van der Waals surface area contributed by atoms with Gasteiger partial charge in [0.1, 0.15) is 0 Å². The van der Waals surface area contributed by atoms with Crippen molar-refractivity contribution in [2.45, 2.75) is 188 Å². The summed E-state index contributed by atoms with van der Waals surface area (Å²) in [7, 11) is 0. The Kier molecular flexibility index (Phi) is 58.7. The first kappa shape index (κ1) is 45.5. The van der Waals surface area contributed by atoms with E-state index in [0.717, 1.165) is 17.8 Å². The van der Waals surface area contributed by atoms with Gasteiger partial charge in [-0.05, 0) is 23.2 Å². The molecule has 0 saturated carbocycles. The van der Waals surface area contributed by atoms with Gasteiger partial charge in [-0.15, -0.1) is 0 Å². The van der Waals surface area contributed by atoms with Crippen molar-refractivity contribution in [1.29, 1.82) is 0 Å². The van der Waals surface area contributed by atoms with Gasteiger partial charge in [0.05, 0.1) is 0 Å². The molecule has 0 heterocycles. The van der Waals surface area contributed by atoms with Gasteiger partial charge in [0, 0.05) is 0 Å². The summed E-state index contributed by atoms with van der Waals surface area (Å²) >= 11 is 0. The highest BCUT2D eigenvalue weighted by Gasteiger charge is 2.15. The first-order chi connectivity index (χ1) is 14.8. The molecule has 0 atom stereocenters. The monoisotopic (exact) mass is 461 g/mol. The molecular formula is C32H76. The SMILES string of the molecule is CCC.CCC.CCC(C)(CC)CC.CCC(C)C.CCCC(C)C.CCCCC(C)C. The topological polar surface area (TPSA) is 0 Å². The van der Waals surface area contributed by atoms with Crippen molar-refractivity contribution in [3.8, 4) is 0 Å². The van der Waals surface area contributed by atoms with Crippen LogP contribution in [-0.4, -0.2) is 0 Å². The predicted octanol–water partition coefficient (Wildman–Crippen LogP) is 13.4. The molecular weight excluding hydrogens is 384 g/mol. The lowest BCUT2D eigenvalue weighted by Crippen LogP contribution is -2.10. The lowest BCUT2D eigenvalue weighted by molar-refractivity contribution is 0.286. The third-order valence-electron chi connectivity index (χ3n) is 5.38. The summed E-state index contributed by atoms with van der Waals surface area (Å²) in [5, 5.41) is 0. The molecule has 0 N–H and O–H groups in total. The second-order valence-electron chi connectivity index (χ2n) is 10.8. The van der Waals surface area contributed by atoms with E-state index in [1.807, 2.05) is 0 Å². The molecule has 0 rings (SSSR count). The maximum atomic E-state index is 2.35. The van der Waals surface area contributed by atoms with Gasteiger partial charge in [-0.1, -0.05) is 188 Å². The van der Waals surface area contributed by atoms with Crippen molar-refractivity contribution < 1.29 is 0 Å². The van der Waals surface area contributed by atoms with Crippen molar-refractivity contribution in [2.24, 2.45) is 23.2 Å². The van der Waals surface area contributed by atoms with Crippen LogP contribution in [0.3, 0.4) is 0 Å². The summed E-state index contributed by atoms with van der Waals surface area (Å²) in [6.07, 6.45) is 14.6. The van der Waals surface area contributed by atoms with Crippen LogP contribution >= 0.6 is 0 Å². The van der Waals surface area contributed by atoms with Crippen molar-refractivity contribution in [3.63, 3.8) is 0 Å². The molecule has 0 aliphatic rings.